The van der Waals surface area contributed by atoms with Crippen LogP contribution in [0.5, 0.6) is 0 Å². The van der Waals surface area contributed by atoms with Gasteiger partial charge in [-0.15, -0.1) is 0 Å². The monoisotopic (exact) mass is 313 g/mol. The van der Waals surface area contributed by atoms with E-state index in [1.807, 2.05) is 30.0 Å². The Morgan fingerprint density at radius 2 is 2.13 bits per heavy atom. The summed E-state index contributed by atoms with van der Waals surface area (Å²) in [6.07, 6.45) is 5.43. The minimum Gasteiger partial charge on any atom is -0.337 e. The number of aryl methyl sites for hydroxylation is 2. The number of carbonyl (C=O) groups excluding carboxylic acids is 1. The highest BCUT2D eigenvalue weighted by atomic mass is 16.5. The van der Waals surface area contributed by atoms with Crippen LogP contribution in [0.15, 0.2) is 34.9 Å². The predicted octanol–water partition coefficient (Wildman–Crippen LogP) is 3.45. The molecule has 1 aromatic carbocycles. The van der Waals surface area contributed by atoms with Gasteiger partial charge in [-0.3, -0.25) is 4.79 Å². The molecule has 0 radical (unpaired) electrons. The van der Waals surface area contributed by atoms with Crippen LogP contribution in [0.4, 0.5) is 0 Å². The molecular weight excluding hydrogens is 290 g/mol. The number of likely N-dealkylation sites (tertiary alicyclic amines) is 1. The zero-order valence-corrected chi connectivity index (χ0v) is 13.6. The third-order valence-electron chi connectivity index (χ3n) is 4.35. The van der Waals surface area contributed by atoms with Crippen LogP contribution in [-0.2, 0) is 11.2 Å². The van der Waals surface area contributed by atoms with Crippen molar-refractivity contribution in [3.05, 3.63) is 47.6 Å². The Hall–Kier alpha value is -2.17. The average Bonchev–Trinajstić information content (AvgIpc) is 3.02. The van der Waals surface area contributed by atoms with Gasteiger partial charge in [0.15, 0.2) is 5.82 Å². The van der Waals surface area contributed by atoms with Gasteiger partial charge in [0.05, 0.1) is 0 Å². The number of nitrogens with zero attached hydrogens (tertiary/aromatic N) is 3. The maximum Gasteiger partial charge on any atom is 0.249 e. The number of hydrogen-bond acceptors (Lipinski definition) is 4. The van der Waals surface area contributed by atoms with Crippen LogP contribution in [0.2, 0.25) is 0 Å². The van der Waals surface area contributed by atoms with E-state index in [0.717, 1.165) is 38.6 Å². The second-order valence-electron chi connectivity index (χ2n) is 6.12. The normalized spacial score (nSPS) is 18.1. The first-order valence-electron chi connectivity index (χ1n) is 8.37. The standard InChI is InChI=1S/C18H23N3O2/c1-14-19-18(23-20-14)16-11-5-6-13-21(16)17(22)12-7-10-15-8-3-2-4-9-15/h2-4,8-9,16H,5-7,10-13H2,1H3/t16-/m0/s1. The van der Waals surface area contributed by atoms with Crippen LogP contribution >= 0.6 is 0 Å². The molecule has 1 atom stereocenters. The van der Waals surface area contributed by atoms with Crippen LogP contribution in [0.3, 0.4) is 0 Å². The lowest BCUT2D eigenvalue weighted by Crippen LogP contribution is -2.38. The minimum absolute atomic E-state index is 0.0471. The van der Waals surface area contributed by atoms with E-state index >= 15 is 0 Å². The first-order valence-corrected chi connectivity index (χ1v) is 8.37. The van der Waals surface area contributed by atoms with E-state index in [0.29, 0.717) is 18.1 Å². The molecule has 0 spiro atoms. The Morgan fingerprint density at radius 3 is 2.87 bits per heavy atom. The minimum atomic E-state index is -0.0471. The molecule has 1 saturated heterocycles. The Labute approximate surface area is 136 Å². The second kappa shape index (κ2) is 7.40. The molecule has 5 nitrogen and oxygen atoms in total. The van der Waals surface area contributed by atoms with E-state index < -0.39 is 0 Å². The van der Waals surface area contributed by atoms with Crippen LogP contribution in [0.1, 0.15) is 55.4 Å². The van der Waals surface area contributed by atoms with E-state index in [9.17, 15) is 4.79 Å². The largest absolute Gasteiger partial charge is 0.337 e. The molecule has 0 aliphatic carbocycles. The second-order valence-corrected chi connectivity index (χ2v) is 6.12. The van der Waals surface area contributed by atoms with Gasteiger partial charge in [0.1, 0.15) is 6.04 Å². The Balaban J connectivity index is 1.58. The van der Waals surface area contributed by atoms with E-state index in [-0.39, 0.29) is 11.9 Å². The number of carbonyl (C=O) groups is 1. The quantitative estimate of drug-likeness (QED) is 0.848. The number of hydrogen-bond donors (Lipinski definition) is 0. The lowest BCUT2D eigenvalue weighted by Gasteiger charge is -2.33. The number of benzene rings is 1. The van der Waals surface area contributed by atoms with Gasteiger partial charge in [-0.1, -0.05) is 35.5 Å². The fourth-order valence-electron chi connectivity index (χ4n) is 3.17. The molecule has 2 aromatic rings. The average molecular weight is 313 g/mol. The maximum atomic E-state index is 12.6. The smallest absolute Gasteiger partial charge is 0.249 e. The van der Waals surface area contributed by atoms with Crippen molar-refractivity contribution in [2.45, 2.75) is 51.5 Å². The number of aromatic nitrogens is 2. The summed E-state index contributed by atoms with van der Waals surface area (Å²) in [5.74, 6) is 1.40. The lowest BCUT2D eigenvalue weighted by molar-refractivity contribution is -0.135. The highest BCUT2D eigenvalue weighted by molar-refractivity contribution is 5.76. The third kappa shape index (κ3) is 3.97. The van der Waals surface area contributed by atoms with Crippen molar-refractivity contribution < 1.29 is 9.32 Å². The van der Waals surface area contributed by atoms with Crippen molar-refractivity contribution in [2.24, 2.45) is 0 Å². The van der Waals surface area contributed by atoms with Crippen molar-refractivity contribution in [1.29, 1.82) is 0 Å². The molecule has 122 valence electrons. The summed E-state index contributed by atoms with van der Waals surface area (Å²) in [5, 5.41) is 3.86. The first kappa shape index (κ1) is 15.7. The Morgan fingerprint density at radius 1 is 1.30 bits per heavy atom. The van der Waals surface area contributed by atoms with Crippen molar-refractivity contribution in [3.8, 4) is 0 Å². The highest BCUT2D eigenvalue weighted by Gasteiger charge is 2.31. The molecule has 5 heteroatoms. The van der Waals surface area contributed by atoms with E-state index in [1.54, 1.807) is 0 Å². The molecule has 23 heavy (non-hydrogen) atoms. The van der Waals surface area contributed by atoms with Crippen LogP contribution < -0.4 is 0 Å². The zero-order valence-electron chi connectivity index (χ0n) is 13.6. The number of piperidine rings is 1. The Kier molecular flexibility index (Phi) is 5.05. The Bertz CT molecular complexity index is 639. The molecule has 0 N–H and O–H groups in total. The molecule has 1 fully saturated rings. The van der Waals surface area contributed by atoms with Crippen molar-refractivity contribution in [3.63, 3.8) is 0 Å². The third-order valence-corrected chi connectivity index (χ3v) is 4.35. The summed E-state index contributed by atoms with van der Waals surface area (Å²) in [6.45, 7) is 2.60. The molecule has 2 heterocycles. The topological polar surface area (TPSA) is 59.2 Å². The number of amides is 1. The molecular formula is C18H23N3O2. The molecule has 1 aliphatic heterocycles. The van der Waals surface area contributed by atoms with Gasteiger partial charge in [-0.25, -0.2) is 0 Å². The zero-order chi connectivity index (χ0) is 16.1. The lowest BCUT2D eigenvalue weighted by atomic mass is 10.0. The van der Waals surface area contributed by atoms with E-state index in [1.165, 1.54) is 5.56 Å². The predicted molar refractivity (Wildman–Crippen MR) is 86.7 cm³/mol. The summed E-state index contributed by atoms with van der Waals surface area (Å²) in [6, 6.07) is 10.3. The van der Waals surface area contributed by atoms with Gasteiger partial charge in [-0.2, -0.15) is 4.98 Å². The summed E-state index contributed by atoms with van der Waals surface area (Å²) >= 11 is 0. The molecule has 0 saturated carbocycles. The summed E-state index contributed by atoms with van der Waals surface area (Å²) < 4.78 is 5.30. The van der Waals surface area contributed by atoms with E-state index in [4.69, 9.17) is 4.52 Å². The van der Waals surface area contributed by atoms with Crippen molar-refractivity contribution in [2.75, 3.05) is 6.54 Å². The highest BCUT2D eigenvalue weighted by Crippen LogP contribution is 2.30. The summed E-state index contributed by atoms with van der Waals surface area (Å²) in [4.78, 5) is 18.9. The van der Waals surface area contributed by atoms with Gasteiger partial charge >= 0.3 is 0 Å². The molecule has 0 bridgehead atoms. The van der Waals surface area contributed by atoms with Crippen molar-refractivity contribution in [1.82, 2.24) is 15.0 Å². The van der Waals surface area contributed by atoms with Crippen LogP contribution in [0, 0.1) is 6.92 Å². The summed E-state index contributed by atoms with van der Waals surface area (Å²) in [7, 11) is 0. The summed E-state index contributed by atoms with van der Waals surface area (Å²) in [5.41, 5.74) is 1.28. The van der Waals surface area contributed by atoms with Gasteiger partial charge in [0.25, 0.3) is 0 Å². The van der Waals surface area contributed by atoms with E-state index in [2.05, 4.69) is 22.3 Å². The molecule has 1 aliphatic rings. The van der Waals surface area contributed by atoms with Gasteiger partial charge in [0, 0.05) is 13.0 Å². The van der Waals surface area contributed by atoms with Gasteiger partial charge in [-0.05, 0) is 44.6 Å². The van der Waals surface area contributed by atoms with Gasteiger partial charge in [0.2, 0.25) is 11.8 Å². The maximum absolute atomic E-state index is 12.6. The van der Waals surface area contributed by atoms with Crippen LogP contribution in [0.25, 0.3) is 0 Å². The molecule has 1 amide bonds. The number of rotatable bonds is 5. The van der Waals surface area contributed by atoms with Gasteiger partial charge < -0.3 is 9.42 Å². The van der Waals surface area contributed by atoms with Crippen molar-refractivity contribution >= 4 is 5.91 Å². The molecule has 1 aromatic heterocycles. The van der Waals surface area contributed by atoms with Crippen LogP contribution in [-0.4, -0.2) is 27.5 Å². The fourth-order valence-corrected chi connectivity index (χ4v) is 3.17. The fraction of sp³-hybridized carbons (Fsp3) is 0.500. The molecule has 0 unspecified atom stereocenters. The molecule has 3 rings (SSSR count). The first-order chi connectivity index (χ1) is 11.2. The SMILES string of the molecule is Cc1noc([C@@H]2CCCCN2C(=O)CCCc2ccccc2)n1.